The summed E-state index contributed by atoms with van der Waals surface area (Å²) in [4.78, 5) is 0. The second kappa shape index (κ2) is 7.22. The van der Waals surface area contributed by atoms with Gasteiger partial charge in [0.1, 0.15) is 6.61 Å². The molecule has 2 aromatic carbocycles. The average molecular weight is 322 g/mol. The lowest BCUT2D eigenvalue weighted by Crippen LogP contribution is -2.05. The van der Waals surface area contributed by atoms with Crippen LogP contribution in [0.5, 0.6) is 11.5 Å². The third-order valence-electron chi connectivity index (χ3n) is 3.28. The van der Waals surface area contributed by atoms with Crippen LogP contribution >= 0.6 is 0 Å². The van der Waals surface area contributed by atoms with Crippen molar-refractivity contribution in [1.29, 1.82) is 0 Å². The highest BCUT2D eigenvalue weighted by atomic mass is 19.4. The molecule has 0 unspecified atom stereocenters. The van der Waals surface area contributed by atoms with E-state index in [1.54, 1.807) is 12.1 Å². The summed E-state index contributed by atoms with van der Waals surface area (Å²) >= 11 is 0. The Labute approximate surface area is 133 Å². The summed E-state index contributed by atoms with van der Waals surface area (Å²) in [7, 11) is 1.54. The Morgan fingerprint density at radius 3 is 2.22 bits per heavy atom. The number of rotatable bonds is 6. The molecule has 0 saturated carbocycles. The lowest BCUT2D eigenvalue weighted by atomic mass is 10.1. The minimum Gasteiger partial charge on any atom is -0.493 e. The van der Waals surface area contributed by atoms with E-state index >= 15 is 0 Å². The lowest BCUT2D eigenvalue weighted by molar-refractivity contribution is -0.137. The van der Waals surface area contributed by atoms with Crippen LogP contribution in [0.4, 0.5) is 13.2 Å². The summed E-state index contributed by atoms with van der Waals surface area (Å²) in [5.74, 6) is 1.12. The molecule has 122 valence electrons. The molecule has 0 fully saturated rings. The summed E-state index contributed by atoms with van der Waals surface area (Å²) in [6.07, 6.45) is -1.82. The molecule has 0 aliphatic rings. The van der Waals surface area contributed by atoms with Gasteiger partial charge in [0.25, 0.3) is 0 Å². The Morgan fingerprint density at radius 1 is 1.00 bits per heavy atom. The quantitative estimate of drug-likeness (QED) is 0.695. The number of ether oxygens (including phenoxy) is 2. The summed E-state index contributed by atoms with van der Waals surface area (Å²) in [5, 5.41) is 0. The molecule has 2 aromatic rings. The highest BCUT2D eigenvalue weighted by molar-refractivity contribution is 5.43. The maximum Gasteiger partial charge on any atom is 0.416 e. The van der Waals surface area contributed by atoms with Crippen molar-refractivity contribution in [1.82, 2.24) is 0 Å². The number of benzene rings is 2. The maximum absolute atomic E-state index is 12.5. The number of hydrogen-bond donors (Lipinski definition) is 0. The molecule has 0 aliphatic carbocycles. The Kier molecular flexibility index (Phi) is 5.32. The van der Waals surface area contributed by atoms with E-state index in [1.165, 1.54) is 19.2 Å². The predicted molar refractivity (Wildman–Crippen MR) is 82.7 cm³/mol. The normalized spacial score (nSPS) is 11.1. The summed E-state index contributed by atoms with van der Waals surface area (Å²) in [5.41, 5.74) is 1.02. The number of halogens is 3. The predicted octanol–water partition coefficient (Wildman–Crippen LogP) is 5.02. The molecule has 2 nitrogen and oxygen atoms in total. The van der Waals surface area contributed by atoms with Gasteiger partial charge < -0.3 is 9.47 Å². The molecule has 0 saturated heterocycles. The van der Waals surface area contributed by atoms with Crippen LogP contribution in [0.25, 0.3) is 0 Å². The van der Waals surface area contributed by atoms with Gasteiger partial charge >= 0.3 is 6.18 Å². The Hall–Kier alpha value is -2.43. The zero-order valence-electron chi connectivity index (χ0n) is 12.7. The van der Waals surface area contributed by atoms with Gasteiger partial charge in [0, 0.05) is 0 Å². The fraction of sp³-hybridized carbons (Fsp3) is 0.222. The van der Waals surface area contributed by atoms with Crippen molar-refractivity contribution in [2.75, 3.05) is 7.11 Å². The Morgan fingerprint density at radius 2 is 1.65 bits per heavy atom. The summed E-state index contributed by atoms with van der Waals surface area (Å²) in [6.45, 7) is 3.84. The number of allylic oxidation sites excluding steroid dienone is 1. The van der Waals surface area contributed by atoms with Crippen molar-refractivity contribution in [3.05, 3.63) is 71.8 Å². The van der Waals surface area contributed by atoms with Gasteiger partial charge in [-0.25, -0.2) is 0 Å². The van der Waals surface area contributed by atoms with Crippen molar-refractivity contribution in [2.24, 2.45) is 0 Å². The zero-order valence-corrected chi connectivity index (χ0v) is 12.7. The van der Waals surface area contributed by atoms with Crippen LogP contribution in [0.15, 0.2) is 55.1 Å². The standard InChI is InChI=1S/C18H17F3O2/c1-3-4-13-7-10-16(17(11-13)22-2)23-12-14-5-8-15(9-6-14)18(19,20)21/h3,5-11H,1,4,12H2,2H3. The molecule has 0 heterocycles. The highest BCUT2D eigenvalue weighted by Gasteiger charge is 2.29. The molecule has 5 heteroatoms. The molecule has 0 N–H and O–H groups in total. The van der Waals surface area contributed by atoms with E-state index in [1.807, 2.05) is 12.1 Å². The molecule has 0 amide bonds. The van der Waals surface area contributed by atoms with Gasteiger partial charge in [0.05, 0.1) is 12.7 Å². The first-order valence-electron chi connectivity index (χ1n) is 7.01. The van der Waals surface area contributed by atoms with Gasteiger partial charge in [-0.1, -0.05) is 24.3 Å². The van der Waals surface area contributed by atoms with Crippen LogP contribution in [0, 0.1) is 0 Å². The first-order chi connectivity index (χ1) is 10.9. The molecule has 0 atom stereocenters. The van der Waals surface area contributed by atoms with Gasteiger partial charge in [0.15, 0.2) is 11.5 Å². The van der Waals surface area contributed by atoms with Gasteiger partial charge in [-0.3, -0.25) is 0 Å². The lowest BCUT2D eigenvalue weighted by Gasteiger charge is -2.12. The van der Waals surface area contributed by atoms with Crippen LogP contribution < -0.4 is 9.47 Å². The number of methoxy groups -OCH3 is 1. The van der Waals surface area contributed by atoms with E-state index < -0.39 is 11.7 Å². The molecule has 2 rings (SSSR count). The Bertz CT molecular complexity index is 661. The van der Waals surface area contributed by atoms with Gasteiger partial charge in [-0.2, -0.15) is 13.2 Å². The van der Waals surface area contributed by atoms with Crippen molar-refractivity contribution in [3.8, 4) is 11.5 Å². The van der Waals surface area contributed by atoms with E-state index in [-0.39, 0.29) is 6.61 Å². The zero-order chi connectivity index (χ0) is 16.9. The first-order valence-corrected chi connectivity index (χ1v) is 7.01. The van der Waals surface area contributed by atoms with E-state index in [4.69, 9.17) is 9.47 Å². The topological polar surface area (TPSA) is 18.5 Å². The van der Waals surface area contributed by atoms with Crippen molar-refractivity contribution < 1.29 is 22.6 Å². The minimum atomic E-state index is -4.33. The average Bonchev–Trinajstić information content (AvgIpc) is 2.53. The molecular weight excluding hydrogens is 305 g/mol. The largest absolute Gasteiger partial charge is 0.493 e. The van der Waals surface area contributed by atoms with Crippen LogP contribution in [-0.4, -0.2) is 7.11 Å². The van der Waals surface area contributed by atoms with Crippen LogP contribution in [0.3, 0.4) is 0 Å². The fourth-order valence-corrected chi connectivity index (χ4v) is 2.08. The molecule has 0 aromatic heterocycles. The molecule has 0 aliphatic heterocycles. The Balaban J connectivity index is 2.07. The van der Waals surface area contributed by atoms with Gasteiger partial charge in [0.2, 0.25) is 0 Å². The van der Waals surface area contributed by atoms with Crippen molar-refractivity contribution in [2.45, 2.75) is 19.2 Å². The molecule has 0 spiro atoms. The highest BCUT2D eigenvalue weighted by Crippen LogP contribution is 2.31. The molecular formula is C18H17F3O2. The second-order valence-electron chi connectivity index (χ2n) is 4.96. The number of hydrogen-bond acceptors (Lipinski definition) is 2. The minimum absolute atomic E-state index is 0.162. The van der Waals surface area contributed by atoms with Crippen molar-refractivity contribution in [3.63, 3.8) is 0 Å². The third kappa shape index (κ3) is 4.52. The monoisotopic (exact) mass is 322 g/mol. The fourth-order valence-electron chi connectivity index (χ4n) is 2.08. The maximum atomic E-state index is 12.5. The summed E-state index contributed by atoms with van der Waals surface area (Å²) in [6, 6.07) is 10.4. The first kappa shape index (κ1) is 16.9. The van der Waals surface area contributed by atoms with E-state index in [2.05, 4.69) is 6.58 Å². The third-order valence-corrected chi connectivity index (χ3v) is 3.28. The smallest absolute Gasteiger partial charge is 0.416 e. The van der Waals surface area contributed by atoms with Crippen LogP contribution in [-0.2, 0) is 19.2 Å². The second-order valence-corrected chi connectivity index (χ2v) is 4.96. The van der Waals surface area contributed by atoms with Gasteiger partial charge in [-0.15, -0.1) is 6.58 Å². The number of alkyl halides is 3. The van der Waals surface area contributed by atoms with E-state index in [0.717, 1.165) is 24.1 Å². The SMILES string of the molecule is C=CCc1ccc(OCc2ccc(C(F)(F)F)cc2)c(OC)c1. The molecule has 0 bridgehead atoms. The van der Waals surface area contributed by atoms with E-state index in [9.17, 15) is 13.2 Å². The molecule has 23 heavy (non-hydrogen) atoms. The van der Waals surface area contributed by atoms with Crippen LogP contribution in [0.2, 0.25) is 0 Å². The molecule has 0 radical (unpaired) electrons. The van der Waals surface area contributed by atoms with Crippen LogP contribution in [0.1, 0.15) is 16.7 Å². The van der Waals surface area contributed by atoms with Gasteiger partial charge in [-0.05, 0) is 41.8 Å². The van der Waals surface area contributed by atoms with Crippen molar-refractivity contribution >= 4 is 0 Å². The summed E-state index contributed by atoms with van der Waals surface area (Å²) < 4.78 is 48.5. The van der Waals surface area contributed by atoms with E-state index in [0.29, 0.717) is 17.1 Å².